The molecule has 2 heterocycles. The number of amides is 1. The molecule has 1 aromatic heterocycles. The molecule has 0 spiro atoms. The van der Waals surface area contributed by atoms with Gasteiger partial charge in [0.1, 0.15) is 0 Å². The summed E-state index contributed by atoms with van der Waals surface area (Å²) in [7, 11) is 0. The predicted molar refractivity (Wildman–Crippen MR) is 99.4 cm³/mol. The number of allylic oxidation sites excluding steroid dienone is 2. The highest BCUT2D eigenvalue weighted by atomic mass is 16.2. The molecule has 4 rings (SSSR count). The lowest BCUT2D eigenvalue weighted by Crippen LogP contribution is -2.38. The second kappa shape index (κ2) is 7.22. The summed E-state index contributed by atoms with van der Waals surface area (Å²) in [5, 5.41) is 3.56. The van der Waals surface area contributed by atoms with Crippen LogP contribution in [0.2, 0.25) is 0 Å². The van der Waals surface area contributed by atoms with E-state index >= 15 is 0 Å². The molecule has 1 unspecified atom stereocenters. The van der Waals surface area contributed by atoms with Gasteiger partial charge < -0.3 is 9.47 Å². The van der Waals surface area contributed by atoms with Gasteiger partial charge in [0.15, 0.2) is 0 Å². The minimum atomic E-state index is 0.0772. The zero-order valence-corrected chi connectivity index (χ0v) is 14.7. The summed E-state index contributed by atoms with van der Waals surface area (Å²) in [4.78, 5) is 22.3. The van der Waals surface area contributed by atoms with Crippen LogP contribution in [0.5, 0.6) is 0 Å². The number of aromatic nitrogens is 2. The molecule has 0 saturated carbocycles. The van der Waals surface area contributed by atoms with Crippen LogP contribution >= 0.6 is 0 Å². The average molecular weight is 350 g/mol. The summed E-state index contributed by atoms with van der Waals surface area (Å²) < 4.78 is 1.94. The maximum absolute atomic E-state index is 13.1. The molecular formula is C19H22N6O. The molecule has 7 heteroatoms. The Balaban J connectivity index is 1.59. The van der Waals surface area contributed by atoms with Gasteiger partial charge in [-0.05, 0) is 61.8 Å². The lowest BCUT2D eigenvalue weighted by Gasteiger charge is -2.38. The van der Waals surface area contributed by atoms with Gasteiger partial charge in [-0.25, -0.2) is 4.98 Å². The molecule has 1 saturated heterocycles. The highest BCUT2D eigenvalue weighted by molar-refractivity contribution is 5.98. The van der Waals surface area contributed by atoms with Crippen molar-refractivity contribution < 1.29 is 4.79 Å². The van der Waals surface area contributed by atoms with Gasteiger partial charge in [-0.1, -0.05) is 11.2 Å². The molecule has 0 N–H and O–H groups in total. The van der Waals surface area contributed by atoms with E-state index in [0.29, 0.717) is 24.6 Å². The molecule has 1 aliphatic carbocycles. The number of hydrogen-bond donors (Lipinski definition) is 0. The molecule has 2 aliphatic rings. The molecule has 1 aromatic carbocycles. The van der Waals surface area contributed by atoms with E-state index in [4.69, 9.17) is 5.53 Å². The Bertz CT molecular complexity index is 908. The van der Waals surface area contributed by atoms with E-state index in [9.17, 15) is 4.79 Å². The first-order valence-electron chi connectivity index (χ1n) is 9.25. The van der Waals surface area contributed by atoms with E-state index in [0.717, 1.165) is 30.4 Å². The van der Waals surface area contributed by atoms with Crippen molar-refractivity contribution in [3.8, 4) is 0 Å². The SMILES string of the molecule is [N-]=[N+]=NCCn1cnc2cc(C(=O)N3CCCC4CCCC=C43)ccc21. The normalized spacial score (nSPS) is 19.6. The van der Waals surface area contributed by atoms with Crippen molar-refractivity contribution in [3.63, 3.8) is 0 Å². The summed E-state index contributed by atoms with van der Waals surface area (Å²) in [6.07, 6.45) is 9.76. The third kappa shape index (κ3) is 3.06. The van der Waals surface area contributed by atoms with Crippen molar-refractivity contribution in [1.29, 1.82) is 0 Å². The molecule has 26 heavy (non-hydrogen) atoms. The van der Waals surface area contributed by atoms with Crippen LogP contribution in [-0.4, -0.2) is 33.4 Å². The van der Waals surface area contributed by atoms with Gasteiger partial charge in [0.25, 0.3) is 5.91 Å². The third-order valence-electron chi connectivity index (χ3n) is 5.39. The zero-order valence-electron chi connectivity index (χ0n) is 14.7. The minimum Gasteiger partial charge on any atom is -0.330 e. The minimum absolute atomic E-state index is 0.0772. The van der Waals surface area contributed by atoms with Crippen molar-refractivity contribution in [2.45, 2.75) is 38.6 Å². The van der Waals surface area contributed by atoms with Crippen LogP contribution in [0.3, 0.4) is 0 Å². The van der Waals surface area contributed by atoms with Gasteiger partial charge in [0.2, 0.25) is 0 Å². The quantitative estimate of drug-likeness (QED) is 0.468. The Kier molecular flexibility index (Phi) is 4.63. The van der Waals surface area contributed by atoms with Crippen LogP contribution < -0.4 is 0 Å². The highest BCUT2D eigenvalue weighted by Crippen LogP contribution is 2.35. The van der Waals surface area contributed by atoms with Crippen LogP contribution in [0.15, 0.2) is 41.4 Å². The molecular weight excluding hydrogens is 328 g/mol. The lowest BCUT2D eigenvalue weighted by molar-refractivity contribution is 0.0749. The smallest absolute Gasteiger partial charge is 0.258 e. The first-order chi connectivity index (χ1) is 12.8. The third-order valence-corrected chi connectivity index (χ3v) is 5.39. The number of hydrogen-bond acceptors (Lipinski definition) is 3. The summed E-state index contributed by atoms with van der Waals surface area (Å²) in [6, 6.07) is 5.68. The molecule has 2 aromatic rings. The van der Waals surface area contributed by atoms with Crippen molar-refractivity contribution in [1.82, 2.24) is 14.5 Å². The number of rotatable bonds is 4. The summed E-state index contributed by atoms with van der Waals surface area (Å²) >= 11 is 0. The molecule has 1 amide bonds. The lowest BCUT2D eigenvalue weighted by atomic mass is 9.84. The molecule has 7 nitrogen and oxygen atoms in total. The zero-order chi connectivity index (χ0) is 17.9. The second-order valence-corrected chi connectivity index (χ2v) is 6.95. The number of piperidine rings is 1. The Labute approximate surface area is 151 Å². The summed E-state index contributed by atoms with van der Waals surface area (Å²) in [6.45, 7) is 1.76. The van der Waals surface area contributed by atoms with E-state index in [1.54, 1.807) is 6.33 Å². The van der Waals surface area contributed by atoms with Crippen molar-refractivity contribution in [2.75, 3.05) is 13.1 Å². The van der Waals surface area contributed by atoms with Crippen LogP contribution in [0.25, 0.3) is 21.5 Å². The van der Waals surface area contributed by atoms with Gasteiger partial charge in [-0.15, -0.1) is 0 Å². The number of benzene rings is 1. The Morgan fingerprint density at radius 3 is 3.12 bits per heavy atom. The number of imidazole rings is 1. The summed E-state index contributed by atoms with van der Waals surface area (Å²) in [5.41, 5.74) is 12.1. The van der Waals surface area contributed by atoms with Crippen LogP contribution in [0.4, 0.5) is 0 Å². The fraction of sp³-hybridized carbons (Fsp3) is 0.474. The van der Waals surface area contributed by atoms with Crippen molar-refractivity contribution >= 4 is 16.9 Å². The number of fused-ring (bicyclic) bond motifs is 2. The fourth-order valence-electron chi connectivity index (χ4n) is 4.12. The molecule has 1 aliphatic heterocycles. The molecule has 134 valence electrons. The number of carbonyl (C=O) groups excluding carboxylic acids is 1. The van der Waals surface area contributed by atoms with E-state index in [2.05, 4.69) is 21.1 Å². The van der Waals surface area contributed by atoms with Gasteiger partial charge in [0, 0.05) is 35.8 Å². The van der Waals surface area contributed by atoms with E-state index in [1.165, 1.54) is 25.0 Å². The maximum atomic E-state index is 13.1. The topological polar surface area (TPSA) is 86.9 Å². The fourth-order valence-corrected chi connectivity index (χ4v) is 4.12. The number of azide groups is 1. The molecule has 1 fully saturated rings. The number of carbonyl (C=O) groups is 1. The molecule has 1 atom stereocenters. The van der Waals surface area contributed by atoms with Crippen molar-refractivity contribution in [2.24, 2.45) is 11.0 Å². The first kappa shape index (κ1) is 16.7. The monoisotopic (exact) mass is 350 g/mol. The number of likely N-dealkylation sites (tertiary alicyclic amines) is 1. The van der Waals surface area contributed by atoms with Crippen LogP contribution in [-0.2, 0) is 6.54 Å². The Morgan fingerprint density at radius 2 is 2.23 bits per heavy atom. The Morgan fingerprint density at radius 1 is 1.35 bits per heavy atom. The van der Waals surface area contributed by atoms with Gasteiger partial charge in [0.05, 0.1) is 17.4 Å². The average Bonchev–Trinajstić information content (AvgIpc) is 3.09. The van der Waals surface area contributed by atoms with E-state index < -0.39 is 0 Å². The highest BCUT2D eigenvalue weighted by Gasteiger charge is 2.30. The van der Waals surface area contributed by atoms with Gasteiger partial charge in [-0.2, -0.15) is 0 Å². The standard InChI is InChI=1S/C19H22N6O/c20-23-22-9-11-24-13-21-16-12-15(7-8-18(16)24)19(26)25-10-3-5-14-4-1-2-6-17(14)25/h6-8,12-14H,1-5,9-11H2. The van der Waals surface area contributed by atoms with Crippen LogP contribution in [0.1, 0.15) is 42.5 Å². The maximum Gasteiger partial charge on any atom is 0.258 e. The number of nitrogens with zero attached hydrogens (tertiary/aromatic N) is 6. The van der Waals surface area contributed by atoms with Gasteiger partial charge in [-0.3, -0.25) is 4.79 Å². The first-order valence-corrected chi connectivity index (χ1v) is 9.25. The van der Waals surface area contributed by atoms with Gasteiger partial charge >= 0.3 is 0 Å². The summed E-state index contributed by atoms with van der Waals surface area (Å²) in [5.74, 6) is 0.624. The Hall–Kier alpha value is -2.79. The predicted octanol–water partition coefficient (Wildman–Crippen LogP) is 4.27. The van der Waals surface area contributed by atoms with E-state index in [-0.39, 0.29) is 5.91 Å². The molecule has 0 radical (unpaired) electrons. The van der Waals surface area contributed by atoms with Crippen LogP contribution in [0, 0.1) is 5.92 Å². The largest absolute Gasteiger partial charge is 0.330 e. The molecule has 0 bridgehead atoms. The second-order valence-electron chi connectivity index (χ2n) is 6.95. The van der Waals surface area contributed by atoms with Crippen molar-refractivity contribution in [3.05, 3.63) is 52.3 Å². The van der Waals surface area contributed by atoms with E-state index in [1.807, 2.05) is 27.7 Å².